The maximum atomic E-state index is 13.1. The van der Waals surface area contributed by atoms with E-state index >= 15 is 0 Å². The lowest BCUT2D eigenvalue weighted by molar-refractivity contribution is -0.143. The van der Waals surface area contributed by atoms with Gasteiger partial charge in [-0.3, -0.25) is 14.4 Å². The van der Waals surface area contributed by atoms with Crippen LogP contribution in [0.1, 0.15) is 46.4 Å². The topological polar surface area (TPSA) is 114 Å². The van der Waals surface area contributed by atoms with Crippen molar-refractivity contribution in [3.63, 3.8) is 0 Å². The molecule has 1 saturated carbocycles. The Bertz CT molecular complexity index is 1250. The minimum atomic E-state index is -0.749. The Morgan fingerprint density at radius 3 is 2.00 bits per heavy atom. The van der Waals surface area contributed by atoms with Crippen molar-refractivity contribution in [2.75, 3.05) is 13.1 Å². The molecule has 0 unspecified atom stereocenters. The molecule has 0 heterocycles. The quantitative estimate of drug-likeness (QED) is 0.331. The fourth-order valence-electron chi connectivity index (χ4n) is 4.20. The van der Waals surface area contributed by atoms with Crippen molar-refractivity contribution in [2.24, 2.45) is 5.92 Å². The zero-order chi connectivity index (χ0) is 26.9. The van der Waals surface area contributed by atoms with Gasteiger partial charge in [0, 0.05) is 24.2 Å². The van der Waals surface area contributed by atoms with Crippen LogP contribution in [0.15, 0.2) is 72.8 Å². The highest BCUT2D eigenvalue weighted by Crippen LogP contribution is 2.28. The third-order valence-corrected chi connectivity index (χ3v) is 6.28. The van der Waals surface area contributed by atoms with Gasteiger partial charge in [0.05, 0.1) is 12.0 Å². The van der Waals surface area contributed by atoms with E-state index in [0.29, 0.717) is 54.1 Å². The van der Waals surface area contributed by atoms with Gasteiger partial charge >= 0.3 is 5.97 Å². The van der Waals surface area contributed by atoms with Crippen LogP contribution in [-0.2, 0) is 4.79 Å². The monoisotopic (exact) mass is 520 g/mol. The Balaban J connectivity index is 1.18. The predicted molar refractivity (Wildman–Crippen MR) is 138 cm³/mol. The van der Waals surface area contributed by atoms with Crippen LogP contribution < -0.4 is 20.1 Å². The van der Waals surface area contributed by atoms with E-state index in [0.717, 1.165) is 0 Å². The average molecular weight is 521 g/mol. The first-order valence-electron chi connectivity index (χ1n) is 12.5. The van der Waals surface area contributed by atoms with Crippen LogP contribution in [0.5, 0.6) is 17.2 Å². The lowest BCUT2D eigenvalue weighted by atomic mass is 9.87. The standard InChI is InChI=1S/C29H29FN2O6/c30-22-8-14-25(15-9-22)38-26-3-1-2-21(18-26)28(34)32-17-16-31-27(33)19-4-10-23(11-5-19)37-24-12-6-20(7-13-24)29(35)36/h1-5,8-11,14-15,18,20,24H,6-7,12-13,16-17H2,(H,31,33)(H,32,34)(H,35,36). The van der Waals surface area contributed by atoms with E-state index in [1.54, 1.807) is 48.5 Å². The lowest BCUT2D eigenvalue weighted by Gasteiger charge is -2.26. The van der Waals surface area contributed by atoms with Gasteiger partial charge in [-0.2, -0.15) is 0 Å². The average Bonchev–Trinajstić information content (AvgIpc) is 2.93. The van der Waals surface area contributed by atoms with Crippen LogP contribution in [0.3, 0.4) is 0 Å². The normalized spacial score (nSPS) is 16.8. The van der Waals surface area contributed by atoms with Crippen LogP contribution >= 0.6 is 0 Å². The molecule has 38 heavy (non-hydrogen) atoms. The number of amides is 2. The first-order chi connectivity index (χ1) is 18.4. The molecule has 3 N–H and O–H groups in total. The molecule has 0 spiro atoms. The number of carboxylic acid groups (broad SMARTS) is 1. The Morgan fingerprint density at radius 2 is 1.37 bits per heavy atom. The Morgan fingerprint density at radius 1 is 0.763 bits per heavy atom. The Kier molecular flexibility index (Phi) is 8.92. The second-order valence-corrected chi connectivity index (χ2v) is 9.05. The molecule has 2 amide bonds. The van der Waals surface area contributed by atoms with Gasteiger partial charge in [0.2, 0.25) is 0 Å². The number of halogens is 1. The number of carboxylic acids is 1. The fourth-order valence-corrected chi connectivity index (χ4v) is 4.20. The second-order valence-electron chi connectivity index (χ2n) is 9.05. The predicted octanol–water partition coefficient (Wildman–Crippen LogP) is 4.80. The van der Waals surface area contributed by atoms with Crippen molar-refractivity contribution in [1.29, 1.82) is 0 Å². The van der Waals surface area contributed by atoms with E-state index in [-0.39, 0.29) is 42.7 Å². The number of carbonyl (C=O) groups excluding carboxylic acids is 2. The number of aliphatic carboxylic acids is 1. The number of hydrogen-bond donors (Lipinski definition) is 3. The molecule has 3 aromatic rings. The van der Waals surface area contributed by atoms with E-state index < -0.39 is 5.97 Å². The van der Waals surface area contributed by atoms with E-state index in [2.05, 4.69) is 10.6 Å². The van der Waals surface area contributed by atoms with Crippen molar-refractivity contribution in [1.82, 2.24) is 10.6 Å². The van der Waals surface area contributed by atoms with Crippen LogP contribution in [0, 0.1) is 11.7 Å². The molecule has 1 aliphatic rings. The summed E-state index contributed by atoms with van der Waals surface area (Å²) < 4.78 is 24.7. The van der Waals surface area contributed by atoms with Gasteiger partial charge in [-0.15, -0.1) is 0 Å². The molecule has 4 rings (SSSR count). The molecular weight excluding hydrogens is 491 g/mol. The maximum Gasteiger partial charge on any atom is 0.306 e. The molecule has 3 aromatic carbocycles. The van der Waals surface area contributed by atoms with Crippen molar-refractivity contribution in [3.05, 3.63) is 89.7 Å². The molecule has 0 saturated heterocycles. The Hall–Kier alpha value is -4.40. The van der Waals surface area contributed by atoms with Gasteiger partial charge in [-0.05, 0) is 92.4 Å². The van der Waals surface area contributed by atoms with Crippen LogP contribution in [-0.4, -0.2) is 42.1 Å². The zero-order valence-electron chi connectivity index (χ0n) is 20.7. The third-order valence-electron chi connectivity index (χ3n) is 6.28. The van der Waals surface area contributed by atoms with Crippen molar-refractivity contribution in [3.8, 4) is 17.2 Å². The summed E-state index contributed by atoms with van der Waals surface area (Å²) in [5.74, 6) is -0.467. The van der Waals surface area contributed by atoms with Crippen LogP contribution in [0.25, 0.3) is 0 Å². The molecule has 0 aromatic heterocycles. The van der Waals surface area contributed by atoms with Crippen molar-refractivity contribution < 1.29 is 33.4 Å². The van der Waals surface area contributed by atoms with Gasteiger partial charge in [0.25, 0.3) is 11.8 Å². The highest BCUT2D eigenvalue weighted by molar-refractivity contribution is 5.95. The molecule has 1 fully saturated rings. The summed E-state index contributed by atoms with van der Waals surface area (Å²) >= 11 is 0. The molecule has 9 heteroatoms. The molecule has 0 atom stereocenters. The number of hydrogen-bond acceptors (Lipinski definition) is 5. The zero-order valence-corrected chi connectivity index (χ0v) is 20.7. The first-order valence-corrected chi connectivity index (χ1v) is 12.5. The second kappa shape index (κ2) is 12.7. The molecular formula is C29H29FN2O6. The van der Waals surface area contributed by atoms with Crippen LogP contribution in [0.4, 0.5) is 4.39 Å². The fraction of sp³-hybridized carbons (Fsp3) is 0.276. The van der Waals surface area contributed by atoms with E-state index in [1.807, 2.05) is 0 Å². The number of benzene rings is 3. The maximum absolute atomic E-state index is 13.1. The minimum Gasteiger partial charge on any atom is -0.490 e. The highest BCUT2D eigenvalue weighted by Gasteiger charge is 2.26. The molecule has 0 bridgehead atoms. The highest BCUT2D eigenvalue weighted by atomic mass is 19.1. The van der Waals surface area contributed by atoms with Gasteiger partial charge < -0.3 is 25.2 Å². The van der Waals surface area contributed by atoms with Gasteiger partial charge in [-0.1, -0.05) is 6.07 Å². The minimum absolute atomic E-state index is 0.0240. The summed E-state index contributed by atoms with van der Waals surface area (Å²) in [7, 11) is 0. The van der Waals surface area contributed by atoms with E-state index in [9.17, 15) is 18.8 Å². The van der Waals surface area contributed by atoms with E-state index in [1.165, 1.54) is 24.3 Å². The summed E-state index contributed by atoms with van der Waals surface area (Å²) in [5.41, 5.74) is 0.854. The van der Waals surface area contributed by atoms with Gasteiger partial charge in [0.15, 0.2) is 0 Å². The molecule has 0 aliphatic heterocycles. The van der Waals surface area contributed by atoms with Crippen LogP contribution in [0.2, 0.25) is 0 Å². The van der Waals surface area contributed by atoms with Crippen molar-refractivity contribution in [2.45, 2.75) is 31.8 Å². The molecule has 1 aliphatic carbocycles. The number of carbonyl (C=O) groups is 3. The number of rotatable bonds is 10. The first kappa shape index (κ1) is 26.7. The largest absolute Gasteiger partial charge is 0.490 e. The molecule has 0 radical (unpaired) electrons. The molecule has 198 valence electrons. The Labute approximate surface area is 219 Å². The smallest absolute Gasteiger partial charge is 0.306 e. The van der Waals surface area contributed by atoms with Gasteiger partial charge in [0.1, 0.15) is 23.1 Å². The molecule has 8 nitrogen and oxygen atoms in total. The lowest BCUT2D eigenvalue weighted by Crippen LogP contribution is -2.34. The summed E-state index contributed by atoms with van der Waals surface area (Å²) in [6.45, 7) is 0.468. The van der Waals surface area contributed by atoms with Crippen molar-refractivity contribution >= 4 is 17.8 Å². The number of nitrogens with one attached hydrogen (secondary N) is 2. The SMILES string of the molecule is O=C(NCCNC(=O)c1cccc(Oc2ccc(F)cc2)c1)c1ccc(OC2CCC(C(=O)O)CC2)cc1. The number of ether oxygens (including phenoxy) is 2. The van der Waals surface area contributed by atoms with E-state index in [4.69, 9.17) is 14.6 Å². The summed E-state index contributed by atoms with van der Waals surface area (Å²) in [6, 6.07) is 19.0. The summed E-state index contributed by atoms with van der Waals surface area (Å²) in [4.78, 5) is 36.0. The summed E-state index contributed by atoms with van der Waals surface area (Å²) in [5, 5.41) is 14.6. The van der Waals surface area contributed by atoms with Gasteiger partial charge in [-0.25, -0.2) is 4.39 Å². The summed E-state index contributed by atoms with van der Waals surface area (Å²) in [6.07, 6.45) is 2.56. The third kappa shape index (κ3) is 7.55.